The molecular weight excluding hydrogens is 266 g/mol. The third-order valence-electron chi connectivity index (χ3n) is 4.58. The molecule has 21 heavy (non-hydrogen) atoms. The van der Waals surface area contributed by atoms with Crippen LogP contribution >= 0.6 is 0 Å². The third kappa shape index (κ3) is 4.13. The largest absolute Gasteiger partial charge is 0.497 e. The van der Waals surface area contributed by atoms with Gasteiger partial charge in [-0.15, -0.1) is 0 Å². The third-order valence-corrected chi connectivity index (χ3v) is 4.58. The number of rotatable bonds is 6. The average Bonchev–Trinajstić information content (AvgIpc) is 2.52. The van der Waals surface area contributed by atoms with E-state index in [4.69, 9.17) is 4.74 Å². The second-order valence-electron chi connectivity index (χ2n) is 5.89. The maximum absolute atomic E-state index is 11.3. The summed E-state index contributed by atoms with van der Waals surface area (Å²) in [6.45, 7) is 3.10. The van der Waals surface area contributed by atoms with E-state index in [1.54, 1.807) is 25.3 Å². The van der Waals surface area contributed by atoms with Crippen molar-refractivity contribution in [3.05, 3.63) is 23.8 Å². The van der Waals surface area contributed by atoms with Gasteiger partial charge in [-0.3, -0.25) is 0 Å². The summed E-state index contributed by atoms with van der Waals surface area (Å²) in [5.74, 6) is 1.29. The Kier molecular flexibility index (Phi) is 5.48. The summed E-state index contributed by atoms with van der Waals surface area (Å²) in [7, 11) is 1.59. The average molecular weight is 291 g/mol. The van der Waals surface area contributed by atoms with Crippen LogP contribution in [-0.4, -0.2) is 24.7 Å². The zero-order valence-electron chi connectivity index (χ0n) is 12.9. The minimum atomic E-state index is -0.908. The van der Waals surface area contributed by atoms with Crippen molar-refractivity contribution in [1.29, 1.82) is 0 Å². The van der Waals surface area contributed by atoms with Gasteiger partial charge in [0.1, 0.15) is 5.75 Å². The van der Waals surface area contributed by atoms with E-state index in [1.807, 2.05) is 0 Å². The molecule has 0 unspecified atom stereocenters. The molecule has 2 N–H and O–H groups in total. The van der Waals surface area contributed by atoms with Crippen LogP contribution in [0.4, 0.5) is 5.69 Å². The van der Waals surface area contributed by atoms with Crippen molar-refractivity contribution in [3.63, 3.8) is 0 Å². The number of aromatic carboxylic acids is 1. The molecule has 1 aromatic rings. The van der Waals surface area contributed by atoms with E-state index >= 15 is 0 Å². The van der Waals surface area contributed by atoms with Crippen molar-refractivity contribution < 1.29 is 14.6 Å². The Balaban J connectivity index is 1.97. The van der Waals surface area contributed by atoms with Gasteiger partial charge in [0.2, 0.25) is 0 Å². The highest BCUT2D eigenvalue weighted by molar-refractivity contribution is 5.94. The summed E-state index contributed by atoms with van der Waals surface area (Å²) in [4.78, 5) is 11.3. The Morgan fingerprint density at radius 3 is 2.52 bits per heavy atom. The lowest BCUT2D eigenvalue weighted by Gasteiger charge is -2.28. The Hall–Kier alpha value is -1.71. The fourth-order valence-corrected chi connectivity index (χ4v) is 3.08. The van der Waals surface area contributed by atoms with Gasteiger partial charge >= 0.3 is 5.97 Å². The zero-order chi connectivity index (χ0) is 15.2. The molecular formula is C17H25NO3. The summed E-state index contributed by atoms with van der Waals surface area (Å²) >= 11 is 0. The summed E-state index contributed by atoms with van der Waals surface area (Å²) in [5, 5.41) is 12.6. The van der Waals surface area contributed by atoms with Crippen molar-refractivity contribution in [1.82, 2.24) is 0 Å². The van der Waals surface area contributed by atoms with Crippen LogP contribution in [0.5, 0.6) is 5.75 Å². The van der Waals surface area contributed by atoms with E-state index in [-0.39, 0.29) is 0 Å². The normalized spacial score (nSPS) is 21.8. The fraction of sp³-hybridized carbons (Fsp3) is 0.588. The number of carboxylic acids is 1. The Bertz CT molecular complexity index is 479. The molecule has 0 saturated heterocycles. The second-order valence-corrected chi connectivity index (χ2v) is 5.89. The van der Waals surface area contributed by atoms with Crippen LogP contribution in [0, 0.1) is 11.8 Å². The minimum Gasteiger partial charge on any atom is -0.497 e. The molecule has 0 spiro atoms. The molecule has 4 heteroatoms. The van der Waals surface area contributed by atoms with Crippen molar-refractivity contribution in [2.75, 3.05) is 19.0 Å². The highest BCUT2D eigenvalue weighted by Crippen LogP contribution is 2.31. The topological polar surface area (TPSA) is 58.6 Å². The molecule has 1 aromatic carbocycles. The van der Waals surface area contributed by atoms with Gasteiger partial charge in [-0.25, -0.2) is 4.79 Å². The number of nitrogens with one attached hydrogen (secondary N) is 1. The maximum Gasteiger partial charge on any atom is 0.337 e. The van der Waals surface area contributed by atoms with Gasteiger partial charge in [-0.2, -0.15) is 0 Å². The van der Waals surface area contributed by atoms with E-state index in [0.29, 0.717) is 22.9 Å². The lowest BCUT2D eigenvalue weighted by atomic mass is 9.81. The molecule has 2 rings (SSSR count). The number of ether oxygens (including phenoxy) is 1. The first-order chi connectivity index (χ1) is 10.1. The van der Waals surface area contributed by atoms with Gasteiger partial charge in [-0.1, -0.05) is 26.2 Å². The Morgan fingerprint density at radius 1 is 1.29 bits per heavy atom. The van der Waals surface area contributed by atoms with Crippen LogP contribution in [-0.2, 0) is 0 Å². The van der Waals surface area contributed by atoms with Crippen molar-refractivity contribution >= 4 is 11.7 Å². The lowest BCUT2D eigenvalue weighted by Crippen LogP contribution is -2.21. The van der Waals surface area contributed by atoms with Gasteiger partial charge in [-0.05, 0) is 36.8 Å². The summed E-state index contributed by atoms with van der Waals surface area (Å²) in [5.41, 5.74) is 0.956. The van der Waals surface area contributed by atoms with Gasteiger partial charge in [0.25, 0.3) is 0 Å². The monoisotopic (exact) mass is 291 g/mol. The van der Waals surface area contributed by atoms with Crippen LogP contribution in [0.2, 0.25) is 0 Å². The maximum atomic E-state index is 11.3. The first-order valence-electron chi connectivity index (χ1n) is 7.79. The van der Waals surface area contributed by atoms with Gasteiger partial charge in [0, 0.05) is 12.6 Å². The molecule has 0 radical (unpaired) electrons. The standard InChI is InChI=1S/C17H25NO3/c1-3-12-4-6-13(7-5-12)11-18-16-10-14(21-2)8-9-15(16)17(19)20/h8-10,12-13,18H,3-7,11H2,1-2H3,(H,19,20). The molecule has 0 bridgehead atoms. The van der Waals surface area contributed by atoms with Crippen LogP contribution in [0.3, 0.4) is 0 Å². The van der Waals surface area contributed by atoms with Crippen LogP contribution in [0.15, 0.2) is 18.2 Å². The fourth-order valence-electron chi connectivity index (χ4n) is 3.08. The number of carbonyl (C=O) groups is 1. The van der Waals surface area contributed by atoms with E-state index < -0.39 is 5.97 Å². The number of carboxylic acid groups (broad SMARTS) is 1. The predicted molar refractivity (Wildman–Crippen MR) is 84.2 cm³/mol. The SMILES string of the molecule is CCC1CCC(CNc2cc(OC)ccc2C(=O)O)CC1. The van der Waals surface area contributed by atoms with E-state index in [2.05, 4.69) is 12.2 Å². The molecule has 1 saturated carbocycles. The van der Waals surface area contributed by atoms with E-state index in [0.717, 1.165) is 12.5 Å². The quantitative estimate of drug-likeness (QED) is 0.831. The Morgan fingerprint density at radius 2 is 1.95 bits per heavy atom. The van der Waals surface area contributed by atoms with Gasteiger partial charge < -0.3 is 15.2 Å². The molecule has 4 nitrogen and oxygen atoms in total. The van der Waals surface area contributed by atoms with Crippen molar-refractivity contribution in [2.45, 2.75) is 39.0 Å². The highest BCUT2D eigenvalue weighted by atomic mass is 16.5. The molecule has 1 fully saturated rings. The number of hydrogen-bond acceptors (Lipinski definition) is 3. The van der Waals surface area contributed by atoms with Crippen LogP contribution in [0.1, 0.15) is 49.4 Å². The van der Waals surface area contributed by atoms with Crippen LogP contribution < -0.4 is 10.1 Å². The molecule has 0 atom stereocenters. The highest BCUT2D eigenvalue weighted by Gasteiger charge is 2.20. The number of methoxy groups -OCH3 is 1. The number of anilines is 1. The van der Waals surface area contributed by atoms with E-state index in [1.165, 1.54) is 32.1 Å². The molecule has 0 amide bonds. The number of hydrogen-bond donors (Lipinski definition) is 2. The Labute approximate surface area is 126 Å². The second kappa shape index (κ2) is 7.34. The molecule has 116 valence electrons. The van der Waals surface area contributed by atoms with Crippen LogP contribution in [0.25, 0.3) is 0 Å². The molecule has 0 aromatic heterocycles. The van der Waals surface area contributed by atoms with Crippen molar-refractivity contribution in [3.8, 4) is 5.75 Å². The van der Waals surface area contributed by atoms with E-state index in [9.17, 15) is 9.90 Å². The van der Waals surface area contributed by atoms with Crippen molar-refractivity contribution in [2.24, 2.45) is 11.8 Å². The van der Waals surface area contributed by atoms with Gasteiger partial charge in [0.05, 0.1) is 18.4 Å². The predicted octanol–water partition coefficient (Wildman–Crippen LogP) is 4.02. The molecule has 1 aliphatic carbocycles. The molecule has 0 aliphatic heterocycles. The molecule has 1 aliphatic rings. The summed E-state index contributed by atoms with van der Waals surface area (Å²) in [6.07, 6.45) is 6.34. The summed E-state index contributed by atoms with van der Waals surface area (Å²) in [6, 6.07) is 5.04. The molecule has 0 heterocycles. The smallest absolute Gasteiger partial charge is 0.337 e. The lowest BCUT2D eigenvalue weighted by molar-refractivity contribution is 0.0698. The first kappa shape index (κ1) is 15.7. The minimum absolute atomic E-state index is 0.304. The summed E-state index contributed by atoms with van der Waals surface area (Å²) < 4.78 is 5.18. The number of benzene rings is 1. The van der Waals surface area contributed by atoms with Gasteiger partial charge in [0.15, 0.2) is 0 Å². The zero-order valence-corrected chi connectivity index (χ0v) is 12.9. The first-order valence-corrected chi connectivity index (χ1v) is 7.79.